The predicted octanol–water partition coefficient (Wildman–Crippen LogP) is 3.31. The lowest BCUT2D eigenvalue weighted by atomic mass is 10.1. The molecule has 2 rings (SSSR count). The maximum absolute atomic E-state index is 12.7. The molecule has 1 aliphatic rings. The minimum absolute atomic E-state index is 0.0712. The van der Waals surface area contributed by atoms with Crippen molar-refractivity contribution in [3.63, 3.8) is 0 Å². The van der Waals surface area contributed by atoms with Crippen LogP contribution in [0.25, 0.3) is 0 Å². The molecule has 0 aliphatic carbocycles. The molecule has 1 aromatic rings. The normalized spacial score (nSPS) is 16.6. The topological polar surface area (TPSA) is 85.9 Å². The zero-order valence-electron chi connectivity index (χ0n) is 14.4. The summed E-state index contributed by atoms with van der Waals surface area (Å²) in [7, 11) is 1.28. The molecular weight excluding hydrogens is 357 g/mol. The van der Waals surface area contributed by atoms with Crippen LogP contribution in [0.5, 0.6) is 5.75 Å². The van der Waals surface area contributed by atoms with Crippen molar-refractivity contribution in [2.75, 3.05) is 24.3 Å². The van der Waals surface area contributed by atoms with Crippen molar-refractivity contribution in [1.29, 1.82) is 0 Å². The van der Waals surface area contributed by atoms with Crippen molar-refractivity contribution in [1.82, 2.24) is 0 Å². The van der Waals surface area contributed by atoms with Gasteiger partial charge in [-0.1, -0.05) is 0 Å². The number of halogens is 3. The Morgan fingerprint density at radius 1 is 1.35 bits per heavy atom. The zero-order valence-corrected chi connectivity index (χ0v) is 14.4. The highest BCUT2D eigenvalue weighted by molar-refractivity contribution is 5.86. The molecule has 1 aromatic carbocycles. The fourth-order valence-corrected chi connectivity index (χ4v) is 2.11. The summed E-state index contributed by atoms with van der Waals surface area (Å²) in [5.41, 5.74) is -1.86. The summed E-state index contributed by atoms with van der Waals surface area (Å²) in [6.45, 7) is 1.85. The number of hydrogen-bond acceptors (Lipinski definition) is 6. The minimum atomic E-state index is -4.69. The first-order valence-corrected chi connectivity index (χ1v) is 7.70. The molecule has 1 atom stereocenters. The Hall–Kier alpha value is -2.65. The van der Waals surface area contributed by atoms with Crippen molar-refractivity contribution in [3.8, 4) is 5.75 Å². The SMILES string of the molecule is COC(=O)CC1CNc2cc(NC(=O)OC(C)(C)C(F)(F)F)ccc2O1. The standard InChI is InChI=1S/C16H19F3N2O5/c1-15(2,16(17,18)19)26-14(23)21-9-4-5-12-11(6-9)20-8-10(25-12)7-13(22)24-3/h4-6,10,20H,7-8H2,1-3H3,(H,21,23). The van der Waals surface area contributed by atoms with Gasteiger partial charge in [-0.25, -0.2) is 4.79 Å². The Morgan fingerprint density at radius 3 is 2.65 bits per heavy atom. The van der Waals surface area contributed by atoms with Crippen LogP contribution in [0, 0.1) is 0 Å². The maximum atomic E-state index is 12.7. The van der Waals surface area contributed by atoms with Gasteiger partial charge in [0.1, 0.15) is 11.9 Å². The number of amides is 1. The van der Waals surface area contributed by atoms with Gasteiger partial charge in [0.05, 0.1) is 25.8 Å². The van der Waals surface area contributed by atoms with Gasteiger partial charge in [0.2, 0.25) is 5.60 Å². The van der Waals surface area contributed by atoms with Gasteiger partial charge in [0, 0.05) is 5.69 Å². The Bertz CT molecular complexity index is 691. The first-order valence-electron chi connectivity index (χ1n) is 7.70. The van der Waals surface area contributed by atoms with Crippen LogP contribution in [0.15, 0.2) is 18.2 Å². The molecule has 0 bridgehead atoms. The van der Waals surface area contributed by atoms with E-state index in [1.165, 1.54) is 25.3 Å². The molecule has 26 heavy (non-hydrogen) atoms. The third kappa shape index (κ3) is 4.70. The van der Waals surface area contributed by atoms with Gasteiger partial charge in [-0.05, 0) is 32.0 Å². The van der Waals surface area contributed by atoms with E-state index in [4.69, 9.17) is 4.74 Å². The lowest BCUT2D eigenvalue weighted by Crippen LogP contribution is -2.44. The average molecular weight is 376 g/mol. The molecule has 10 heteroatoms. The molecule has 0 fully saturated rings. The van der Waals surface area contributed by atoms with E-state index >= 15 is 0 Å². The molecule has 144 valence electrons. The summed E-state index contributed by atoms with van der Waals surface area (Å²) in [6.07, 6.45) is -6.26. The van der Waals surface area contributed by atoms with Crippen LogP contribution >= 0.6 is 0 Å². The summed E-state index contributed by atoms with van der Waals surface area (Å²) in [5, 5.41) is 5.27. The number of anilines is 2. The molecule has 1 unspecified atom stereocenters. The van der Waals surface area contributed by atoms with E-state index in [0.29, 0.717) is 18.0 Å². The molecule has 0 saturated heterocycles. The van der Waals surface area contributed by atoms with Crippen molar-refractivity contribution in [3.05, 3.63) is 18.2 Å². The largest absolute Gasteiger partial charge is 0.486 e. The fourth-order valence-electron chi connectivity index (χ4n) is 2.11. The van der Waals surface area contributed by atoms with Gasteiger partial charge >= 0.3 is 18.2 Å². The molecule has 0 saturated carbocycles. The highest BCUT2D eigenvalue weighted by Crippen LogP contribution is 2.34. The van der Waals surface area contributed by atoms with E-state index < -0.39 is 29.9 Å². The lowest BCUT2D eigenvalue weighted by molar-refractivity contribution is -0.242. The Morgan fingerprint density at radius 2 is 2.04 bits per heavy atom. The lowest BCUT2D eigenvalue weighted by Gasteiger charge is -2.28. The Kier molecular flexibility index (Phi) is 5.53. The second-order valence-electron chi connectivity index (χ2n) is 6.13. The van der Waals surface area contributed by atoms with E-state index in [1.807, 2.05) is 0 Å². The average Bonchev–Trinajstić information content (AvgIpc) is 2.53. The molecular formula is C16H19F3N2O5. The molecule has 0 radical (unpaired) electrons. The molecule has 1 heterocycles. The van der Waals surface area contributed by atoms with Crippen LogP contribution in [0.4, 0.5) is 29.3 Å². The molecule has 2 N–H and O–H groups in total. The Labute approximate surface area is 147 Å². The second-order valence-corrected chi connectivity index (χ2v) is 6.13. The summed E-state index contributed by atoms with van der Waals surface area (Å²) in [6, 6.07) is 4.46. The number of ether oxygens (including phenoxy) is 3. The van der Waals surface area contributed by atoms with E-state index in [1.54, 1.807) is 0 Å². The van der Waals surface area contributed by atoms with Gasteiger partial charge in [0.15, 0.2) is 0 Å². The van der Waals surface area contributed by atoms with Crippen molar-refractivity contribution in [2.45, 2.75) is 38.1 Å². The number of hydrogen-bond donors (Lipinski definition) is 2. The number of fused-ring (bicyclic) bond motifs is 1. The minimum Gasteiger partial charge on any atom is -0.486 e. The zero-order chi connectivity index (χ0) is 19.5. The third-order valence-electron chi connectivity index (χ3n) is 3.69. The van der Waals surface area contributed by atoms with Crippen LogP contribution in [-0.4, -0.2) is 43.6 Å². The quantitative estimate of drug-likeness (QED) is 0.784. The monoisotopic (exact) mass is 376 g/mol. The van der Waals surface area contributed by atoms with Crippen LogP contribution in [0.3, 0.4) is 0 Å². The molecule has 0 aromatic heterocycles. The maximum Gasteiger partial charge on any atom is 0.427 e. The number of alkyl halides is 3. The van der Waals surface area contributed by atoms with E-state index in [9.17, 15) is 22.8 Å². The highest BCUT2D eigenvalue weighted by Gasteiger charge is 2.50. The van der Waals surface area contributed by atoms with Crippen molar-refractivity contribution < 1.29 is 37.0 Å². The van der Waals surface area contributed by atoms with Crippen LogP contribution < -0.4 is 15.4 Å². The molecule has 1 amide bonds. The third-order valence-corrected chi connectivity index (χ3v) is 3.69. The highest BCUT2D eigenvalue weighted by atomic mass is 19.4. The van der Waals surface area contributed by atoms with Crippen LogP contribution in [0.1, 0.15) is 20.3 Å². The predicted molar refractivity (Wildman–Crippen MR) is 86.2 cm³/mol. The molecule has 7 nitrogen and oxygen atoms in total. The summed E-state index contributed by atoms with van der Waals surface area (Å²) >= 11 is 0. The molecule has 0 spiro atoms. The van der Waals surface area contributed by atoms with E-state index in [2.05, 4.69) is 20.1 Å². The summed E-state index contributed by atoms with van der Waals surface area (Å²) in [4.78, 5) is 23.0. The number of benzene rings is 1. The number of esters is 1. The summed E-state index contributed by atoms with van der Waals surface area (Å²) in [5.74, 6) is 0.0354. The Balaban J connectivity index is 2.00. The van der Waals surface area contributed by atoms with Gasteiger partial charge < -0.3 is 19.5 Å². The van der Waals surface area contributed by atoms with E-state index in [0.717, 1.165) is 13.8 Å². The first-order chi connectivity index (χ1) is 12.0. The van der Waals surface area contributed by atoms with E-state index in [-0.39, 0.29) is 12.1 Å². The van der Waals surface area contributed by atoms with Gasteiger partial charge in [-0.2, -0.15) is 13.2 Å². The number of carbonyl (C=O) groups is 2. The van der Waals surface area contributed by atoms with Gasteiger partial charge in [0.25, 0.3) is 0 Å². The van der Waals surface area contributed by atoms with Crippen molar-refractivity contribution >= 4 is 23.4 Å². The number of carbonyl (C=O) groups excluding carboxylic acids is 2. The van der Waals surface area contributed by atoms with Gasteiger partial charge in [-0.15, -0.1) is 0 Å². The first kappa shape index (κ1) is 19.7. The fraction of sp³-hybridized carbons (Fsp3) is 0.500. The van der Waals surface area contributed by atoms with Crippen LogP contribution in [-0.2, 0) is 14.3 Å². The number of rotatable bonds is 4. The smallest absolute Gasteiger partial charge is 0.427 e. The van der Waals surface area contributed by atoms with Crippen molar-refractivity contribution in [2.24, 2.45) is 0 Å². The second kappa shape index (κ2) is 7.30. The molecule has 1 aliphatic heterocycles. The number of methoxy groups -OCH3 is 1. The number of nitrogens with one attached hydrogen (secondary N) is 2. The van der Waals surface area contributed by atoms with Gasteiger partial charge in [-0.3, -0.25) is 10.1 Å². The van der Waals surface area contributed by atoms with Crippen LogP contribution in [0.2, 0.25) is 0 Å². The summed E-state index contributed by atoms with van der Waals surface area (Å²) < 4.78 is 52.9.